The van der Waals surface area contributed by atoms with Gasteiger partial charge in [0, 0.05) is 7.05 Å². The number of nitrogens with one attached hydrogen (secondary N) is 1. The highest BCUT2D eigenvalue weighted by Crippen LogP contribution is 2.26. The number of aromatic nitrogens is 3. The van der Waals surface area contributed by atoms with Crippen LogP contribution in [0, 0.1) is 12.7 Å². The van der Waals surface area contributed by atoms with Crippen LogP contribution in [0.15, 0.2) is 42.5 Å². The molecule has 0 amide bonds. The summed E-state index contributed by atoms with van der Waals surface area (Å²) in [4.78, 5) is 4.24. The van der Waals surface area contributed by atoms with Crippen molar-refractivity contribution in [3.8, 4) is 22.8 Å². The van der Waals surface area contributed by atoms with Crippen molar-refractivity contribution in [2.75, 3.05) is 12.4 Å². The third-order valence-corrected chi connectivity index (χ3v) is 3.51. The average molecular weight is 366 g/mol. The summed E-state index contributed by atoms with van der Waals surface area (Å²) in [5.74, 6) is -0.345. The van der Waals surface area contributed by atoms with Crippen molar-refractivity contribution in [1.29, 1.82) is 0 Å². The Balaban J connectivity index is 1.96. The third-order valence-electron chi connectivity index (χ3n) is 3.51. The van der Waals surface area contributed by atoms with Gasteiger partial charge in [-0.05, 0) is 48.9 Å². The summed E-state index contributed by atoms with van der Waals surface area (Å²) < 4.78 is 56.1. The number of rotatable bonds is 4. The quantitative estimate of drug-likeness (QED) is 0.699. The zero-order valence-electron chi connectivity index (χ0n) is 13.8. The van der Waals surface area contributed by atoms with Gasteiger partial charge >= 0.3 is 6.36 Å². The van der Waals surface area contributed by atoms with Crippen LogP contribution in [-0.4, -0.2) is 28.2 Å². The summed E-state index contributed by atoms with van der Waals surface area (Å²) in [5, 5.41) is 7.08. The van der Waals surface area contributed by atoms with Crippen molar-refractivity contribution in [2.24, 2.45) is 0 Å². The van der Waals surface area contributed by atoms with Gasteiger partial charge in [-0.3, -0.25) is 0 Å². The zero-order chi connectivity index (χ0) is 18.9. The lowest BCUT2D eigenvalue weighted by Crippen LogP contribution is -2.17. The van der Waals surface area contributed by atoms with Crippen LogP contribution in [0.1, 0.15) is 5.56 Å². The fraction of sp³-hybridized carbons (Fsp3) is 0.176. The second kappa shape index (κ2) is 6.66. The molecule has 0 atom stereocenters. The van der Waals surface area contributed by atoms with Gasteiger partial charge in [-0.25, -0.2) is 4.39 Å². The normalized spacial score (nSPS) is 11.5. The molecule has 0 bridgehead atoms. The number of anilines is 1. The van der Waals surface area contributed by atoms with Crippen LogP contribution >= 0.6 is 0 Å². The van der Waals surface area contributed by atoms with Crippen LogP contribution in [-0.2, 0) is 0 Å². The molecule has 3 aromatic rings. The lowest BCUT2D eigenvalue weighted by molar-refractivity contribution is -0.274. The molecule has 0 aliphatic rings. The summed E-state index contributed by atoms with van der Waals surface area (Å²) in [5.41, 5.74) is 1.43. The first-order chi connectivity index (χ1) is 12.3. The molecule has 0 aliphatic carbocycles. The smallest absolute Gasteiger partial charge is 0.406 e. The van der Waals surface area contributed by atoms with Crippen LogP contribution in [0.2, 0.25) is 0 Å². The van der Waals surface area contributed by atoms with E-state index in [4.69, 9.17) is 0 Å². The van der Waals surface area contributed by atoms with Crippen LogP contribution in [0.5, 0.6) is 5.75 Å². The maximum Gasteiger partial charge on any atom is 0.573 e. The number of alkyl halides is 3. The first-order valence-electron chi connectivity index (χ1n) is 7.54. The van der Waals surface area contributed by atoms with E-state index in [0.717, 1.165) is 17.7 Å². The minimum Gasteiger partial charge on any atom is -0.406 e. The molecule has 0 aliphatic heterocycles. The fourth-order valence-corrected chi connectivity index (χ4v) is 2.36. The van der Waals surface area contributed by atoms with E-state index in [9.17, 15) is 17.6 Å². The van der Waals surface area contributed by atoms with Crippen molar-refractivity contribution in [3.63, 3.8) is 0 Å². The molecule has 2 aromatic carbocycles. The molecule has 0 spiro atoms. The molecule has 0 saturated heterocycles. The van der Waals surface area contributed by atoms with Gasteiger partial charge in [-0.2, -0.15) is 9.67 Å². The number of benzene rings is 2. The molecule has 136 valence electrons. The van der Waals surface area contributed by atoms with Crippen molar-refractivity contribution < 1.29 is 22.3 Å². The summed E-state index contributed by atoms with van der Waals surface area (Å²) in [6.45, 7) is 1.77. The van der Waals surface area contributed by atoms with E-state index in [1.54, 1.807) is 26.1 Å². The summed E-state index contributed by atoms with van der Waals surface area (Å²) >= 11 is 0. The summed E-state index contributed by atoms with van der Waals surface area (Å²) in [7, 11) is 1.61. The molecule has 1 N–H and O–H groups in total. The molecule has 0 unspecified atom stereocenters. The number of hydrogen-bond acceptors (Lipinski definition) is 4. The van der Waals surface area contributed by atoms with E-state index >= 15 is 0 Å². The topological polar surface area (TPSA) is 52.0 Å². The molecule has 26 heavy (non-hydrogen) atoms. The van der Waals surface area contributed by atoms with Crippen LogP contribution in [0.4, 0.5) is 23.5 Å². The van der Waals surface area contributed by atoms with Crippen molar-refractivity contribution in [1.82, 2.24) is 14.8 Å². The molecule has 0 radical (unpaired) electrons. The first-order valence-corrected chi connectivity index (χ1v) is 7.54. The predicted octanol–water partition coefficient (Wildman–Crippen LogP) is 4.32. The molecular formula is C17H14F4N4O. The lowest BCUT2D eigenvalue weighted by atomic mass is 10.1. The number of aryl methyl sites for hydroxylation is 1. The molecule has 1 aromatic heterocycles. The monoisotopic (exact) mass is 366 g/mol. The molecule has 5 nitrogen and oxygen atoms in total. The van der Waals surface area contributed by atoms with E-state index in [-0.39, 0.29) is 17.1 Å². The van der Waals surface area contributed by atoms with Gasteiger partial charge in [0.15, 0.2) is 5.82 Å². The molecular weight excluding hydrogens is 352 g/mol. The Kier molecular flexibility index (Phi) is 4.54. The largest absolute Gasteiger partial charge is 0.573 e. The maximum atomic E-state index is 14.2. The minimum absolute atomic E-state index is 0.155. The van der Waals surface area contributed by atoms with Gasteiger partial charge in [0.2, 0.25) is 5.95 Å². The number of hydrogen-bond donors (Lipinski definition) is 1. The van der Waals surface area contributed by atoms with Gasteiger partial charge in [-0.15, -0.1) is 18.3 Å². The Hall–Kier alpha value is -3.10. The van der Waals surface area contributed by atoms with Gasteiger partial charge in [0.25, 0.3) is 0 Å². The van der Waals surface area contributed by atoms with E-state index in [1.807, 2.05) is 0 Å². The Morgan fingerprint density at radius 3 is 2.35 bits per heavy atom. The zero-order valence-corrected chi connectivity index (χ0v) is 13.8. The summed E-state index contributed by atoms with van der Waals surface area (Å²) in [6.07, 6.45) is -4.76. The van der Waals surface area contributed by atoms with Crippen molar-refractivity contribution in [3.05, 3.63) is 53.8 Å². The first kappa shape index (κ1) is 17.7. The second-order valence-corrected chi connectivity index (χ2v) is 5.45. The molecule has 3 rings (SSSR count). The van der Waals surface area contributed by atoms with E-state index < -0.39 is 12.2 Å². The average Bonchev–Trinajstić information content (AvgIpc) is 2.98. The Morgan fingerprint density at radius 2 is 1.77 bits per heavy atom. The van der Waals surface area contributed by atoms with Crippen molar-refractivity contribution >= 4 is 5.95 Å². The van der Waals surface area contributed by atoms with Gasteiger partial charge < -0.3 is 10.1 Å². The Bertz CT molecular complexity index is 920. The Labute approximate surface area is 146 Å². The second-order valence-electron chi connectivity index (χ2n) is 5.45. The standard InChI is InChI=1S/C17H14F4N4O/c1-10-3-8-13(14(18)9-10)15-23-16(22-2)25(24-15)11-4-6-12(7-5-11)26-17(19,20)21/h3-9H,1-2H3,(H,22,23,24). The molecule has 0 fully saturated rings. The van der Waals surface area contributed by atoms with Gasteiger partial charge in [0.1, 0.15) is 11.6 Å². The van der Waals surface area contributed by atoms with Crippen LogP contribution in [0.3, 0.4) is 0 Å². The third kappa shape index (κ3) is 3.76. The lowest BCUT2D eigenvalue weighted by Gasteiger charge is -2.10. The van der Waals surface area contributed by atoms with Gasteiger partial charge in [0.05, 0.1) is 11.3 Å². The fourth-order valence-electron chi connectivity index (χ4n) is 2.36. The van der Waals surface area contributed by atoms with Crippen molar-refractivity contribution in [2.45, 2.75) is 13.3 Å². The van der Waals surface area contributed by atoms with E-state index in [2.05, 4.69) is 20.1 Å². The highest BCUT2D eigenvalue weighted by Gasteiger charge is 2.31. The number of nitrogens with zero attached hydrogens (tertiary/aromatic N) is 3. The van der Waals surface area contributed by atoms with Crippen LogP contribution < -0.4 is 10.1 Å². The molecule has 1 heterocycles. The Morgan fingerprint density at radius 1 is 1.08 bits per heavy atom. The van der Waals surface area contributed by atoms with E-state index in [1.165, 1.54) is 22.9 Å². The minimum atomic E-state index is -4.76. The van der Waals surface area contributed by atoms with E-state index in [0.29, 0.717) is 11.6 Å². The highest BCUT2D eigenvalue weighted by atomic mass is 19.4. The number of halogens is 4. The van der Waals surface area contributed by atoms with Crippen LogP contribution in [0.25, 0.3) is 17.1 Å². The van der Waals surface area contributed by atoms with Gasteiger partial charge in [-0.1, -0.05) is 6.07 Å². The number of ether oxygens (including phenoxy) is 1. The summed E-state index contributed by atoms with van der Waals surface area (Å²) in [6, 6.07) is 9.80. The molecule has 0 saturated carbocycles. The SMILES string of the molecule is CNc1nc(-c2ccc(C)cc2F)nn1-c1ccc(OC(F)(F)F)cc1. The molecule has 9 heteroatoms. The maximum absolute atomic E-state index is 14.2. The highest BCUT2D eigenvalue weighted by molar-refractivity contribution is 5.59. The predicted molar refractivity (Wildman–Crippen MR) is 87.7 cm³/mol.